The molecule has 0 spiro atoms. The number of nitro groups is 1. The summed E-state index contributed by atoms with van der Waals surface area (Å²) in [6.07, 6.45) is 1.61. The van der Waals surface area contributed by atoms with Crippen molar-refractivity contribution in [2.24, 2.45) is 0 Å². The first-order valence-corrected chi connectivity index (χ1v) is 16.6. The number of methoxy groups -OCH3 is 2. The predicted molar refractivity (Wildman–Crippen MR) is 138 cm³/mol. The van der Waals surface area contributed by atoms with Crippen molar-refractivity contribution in [3.05, 3.63) is 44.5 Å². The van der Waals surface area contributed by atoms with E-state index in [2.05, 4.69) is 0 Å². The van der Waals surface area contributed by atoms with E-state index < -0.39 is 35.2 Å². The van der Waals surface area contributed by atoms with Crippen molar-refractivity contribution in [3.63, 3.8) is 0 Å². The van der Waals surface area contributed by atoms with E-state index in [1.54, 1.807) is 6.07 Å². The van der Waals surface area contributed by atoms with Gasteiger partial charge in [-0.15, -0.1) is 12.4 Å². The number of ether oxygens (including phenoxy) is 2. The van der Waals surface area contributed by atoms with Gasteiger partial charge in [0.2, 0.25) is 5.75 Å². The van der Waals surface area contributed by atoms with Gasteiger partial charge in [0.15, 0.2) is 28.8 Å². The average molecular weight is 678 g/mol. The van der Waals surface area contributed by atoms with Crippen LogP contribution in [-0.4, -0.2) is 70.8 Å². The van der Waals surface area contributed by atoms with Crippen LogP contribution in [0.3, 0.4) is 0 Å². The van der Waals surface area contributed by atoms with Gasteiger partial charge in [-0.1, -0.05) is 0 Å². The normalized spacial score (nSPS) is 12.1. The summed E-state index contributed by atoms with van der Waals surface area (Å²) in [4.78, 5) is 33.0. The molecule has 0 heterocycles. The minimum absolute atomic E-state index is 0. The molecule has 0 amide bonds. The Kier molecular flexibility index (Phi) is 15.8. The van der Waals surface area contributed by atoms with E-state index in [4.69, 9.17) is 33.0 Å². The molecule has 200 valence electrons. The molecule has 0 aromatic heterocycles. The maximum atomic E-state index is 11.5. The Bertz CT molecular complexity index is 1120. The molecular weight excluding hydrogens is 653 g/mol. The van der Waals surface area contributed by atoms with E-state index in [0.29, 0.717) is 30.4 Å². The number of anilines is 1. The summed E-state index contributed by atoms with van der Waals surface area (Å²) < 4.78 is 9.72. The second kappa shape index (κ2) is 15.8. The number of phenols is 2. The third-order valence-corrected chi connectivity index (χ3v) is 5.19. The van der Waals surface area contributed by atoms with Crippen molar-refractivity contribution in [3.8, 4) is 23.0 Å². The Morgan fingerprint density at radius 2 is 1.31 bits per heavy atom. The Balaban J connectivity index is 0. The van der Waals surface area contributed by atoms with Crippen molar-refractivity contribution < 1.29 is 45.2 Å². The molecule has 0 unspecified atom stereocenters. The quantitative estimate of drug-likeness (QED) is 0.142. The Morgan fingerprint density at radius 3 is 1.72 bits per heavy atom. The van der Waals surface area contributed by atoms with Crippen LogP contribution in [0.2, 0.25) is 0 Å². The number of nitrogens with two attached hydrogens (primary N) is 1. The van der Waals surface area contributed by atoms with Gasteiger partial charge in [-0.3, -0.25) is 19.7 Å². The summed E-state index contributed by atoms with van der Waals surface area (Å²) in [7, 11) is 12.6. The number of nitro benzene ring substituents is 1. The standard InChI is InChI=1S/C10H9NO5.C10H11NO3.3ClH.2H2O.Sn/c1-16-8-4-6-5(2-3-7(6)12)9(10(8)13)11(14)15;1-14-8-4-6-5(2-3-7(6)12)9(11)10(8)13;;;;;;/h4,13H,2-3H2,1H3;4,13H,2-3,11H2,1H3;3*1H;2*1H2;/q;;;;;;;+2/p-2. The molecule has 8 N–H and O–H groups in total. The number of Topliss-reactive ketones (excluding diaryl/α,β-unsaturated/α-hetero) is 2. The van der Waals surface area contributed by atoms with Crippen LogP contribution in [0.4, 0.5) is 11.4 Å². The van der Waals surface area contributed by atoms with Gasteiger partial charge < -0.3 is 36.4 Å². The van der Waals surface area contributed by atoms with E-state index in [1.165, 1.54) is 20.3 Å². The molecule has 36 heavy (non-hydrogen) atoms. The Morgan fingerprint density at radius 1 is 0.917 bits per heavy atom. The fraction of sp³-hybridized carbons (Fsp3) is 0.300. The molecule has 4 rings (SSSR count). The zero-order valence-electron chi connectivity index (χ0n) is 19.0. The van der Waals surface area contributed by atoms with Crippen LogP contribution < -0.4 is 15.2 Å². The zero-order valence-corrected chi connectivity index (χ0v) is 24.2. The van der Waals surface area contributed by atoms with Gasteiger partial charge >= 0.3 is 42.4 Å². The third kappa shape index (κ3) is 7.40. The first-order valence-electron chi connectivity index (χ1n) is 9.40. The SMILES string of the molecule is COc1cc2c(c(N)c1O)CCC2=O.COc1cc2c(c([N+](=O)[O-])c1O)CCC2=O.Cl.O.O.[Cl][Sn][Cl]. The second-order valence-corrected chi connectivity index (χ2v) is 11.1. The number of hydrogen-bond acceptors (Lipinski definition) is 9. The van der Waals surface area contributed by atoms with Gasteiger partial charge in [-0.2, -0.15) is 0 Å². The van der Waals surface area contributed by atoms with Crippen LogP contribution in [-0.2, 0) is 12.8 Å². The van der Waals surface area contributed by atoms with E-state index in [0.717, 1.165) is 5.56 Å². The first kappa shape index (κ1) is 35.9. The Hall–Kier alpha value is -2.23. The molecule has 0 atom stereocenters. The third-order valence-electron chi connectivity index (χ3n) is 5.19. The number of rotatable bonds is 3. The van der Waals surface area contributed by atoms with Crippen molar-refractivity contribution in [2.75, 3.05) is 20.0 Å². The molecule has 2 aromatic rings. The number of fused-ring (bicyclic) bond motifs is 2. The molecule has 16 heteroatoms. The number of hydrogen-bond donors (Lipinski definition) is 3. The number of ketones is 2. The Labute approximate surface area is 229 Å². The number of nitrogen functional groups attached to an aromatic ring is 1. The van der Waals surface area contributed by atoms with E-state index >= 15 is 0 Å². The van der Waals surface area contributed by atoms with E-state index in [1.807, 2.05) is 0 Å². The summed E-state index contributed by atoms with van der Waals surface area (Å²) in [6, 6.07) is 2.91. The van der Waals surface area contributed by atoms with Gasteiger partial charge in [-0.25, -0.2) is 0 Å². The van der Waals surface area contributed by atoms with Crippen molar-refractivity contribution in [1.29, 1.82) is 0 Å². The fourth-order valence-electron chi connectivity index (χ4n) is 3.66. The topological polar surface area (TPSA) is 225 Å². The van der Waals surface area contributed by atoms with Gasteiger partial charge in [0.05, 0.1) is 24.8 Å². The number of halogens is 3. The number of nitrogens with zero attached hydrogens (tertiary/aromatic N) is 1. The van der Waals surface area contributed by atoms with Gasteiger partial charge in [0.25, 0.3) is 0 Å². The molecule has 0 saturated heterocycles. The summed E-state index contributed by atoms with van der Waals surface area (Å²) >= 11 is -0.826. The van der Waals surface area contributed by atoms with Crippen LogP contribution in [0.5, 0.6) is 23.0 Å². The van der Waals surface area contributed by atoms with Crippen LogP contribution in [0.1, 0.15) is 44.7 Å². The number of carbonyl (C=O) groups is 2. The molecule has 2 aliphatic rings. The molecule has 0 saturated carbocycles. The van der Waals surface area contributed by atoms with E-state index in [-0.39, 0.29) is 69.8 Å². The van der Waals surface area contributed by atoms with Crippen molar-refractivity contribution in [2.45, 2.75) is 25.7 Å². The number of carbonyl (C=O) groups excluding carboxylic acids is 2. The second-order valence-electron chi connectivity index (χ2n) is 6.84. The molecule has 0 bridgehead atoms. The molecule has 2 aromatic carbocycles. The van der Waals surface area contributed by atoms with Gasteiger partial charge in [0, 0.05) is 29.5 Å². The van der Waals surface area contributed by atoms with Crippen LogP contribution >= 0.6 is 30.2 Å². The first-order chi connectivity index (χ1) is 15.6. The van der Waals surface area contributed by atoms with Crippen molar-refractivity contribution >= 4 is 72.1 Å². The van der Waals surface area contributed by atoms with Gasteiger partial charge in [0.1, 0.15) is 0 Å². The summed E-state index contributed by atoms with van der Waals surface area (Å²) in [6.45, 7) is 0. The van der Waals surface area contributed by atoms with E-state index in [9.17, 15) is 29.9 Å². The van der Waals surface area contributed by atoms with Gasteiger partial charge in [-0.05, 0) is 30.5 Å². The zero-order chi connectivity index (χ0) is 24.9. The molecule has 2 aliphatic carbocycles. The molecular formula is C20H25Cl3N2O10Sn. The molecule has 0 fully saturated rings. The van der Waals surface area contributed by atoms with Crippen LogP contribution in [0, 0.1) is 10.1 Å². The number of aromatic hydroxyl groups is 2. The number of benzene rings is 2. The maximum absolute atomic E-state index is 11.5. The molecule has 0 aliphatic heterocycles. The fourth-order valence-corrected chi connectivity index (χ4v) is 3.66. The molecule has 2 radical (unpaired) electrons. The summed E-state index contributed by atoms with van der Waals surface area (Å²) in [5, 5.41) is 30.1. The predicted octanol–water partition coefficient (Wildman–Crippen LogP) is 2.32. The monoisotopic (exact) mass is 678 g/mol. The van der Waals surface area contributed by atoms with Crippen molar-refractivity contribution in [1.82, 2.24) is 0 Å². The summed E-state index contributed by atoms with van der Waals surface area (Å²) in [5.74, 6) is -0.458. The average Bonchev–Trinajstić information content (AvgIpc) is 3.33. The molecule has 12 nitrogen and oxygen atoms in total. The van der Waals surface area contributed by atoms with Crippen LogP contribution in [0.25, 0.3) is 0 Å². The summed E-state index contributed by atoms with van der Waals surface area (Å²) in [5.41, 5.74) is 7.45. The number of phenolic OH excluding ortho intramolecular Hbond substituents is 2. The van der Waals surface area contributed by atoms with Crippen LogP contribution in [0.15, 0.2) is 12.1 Å². The minimum atomic E-state index is -0.826.